The Bertz CT molecular complexity index is 772. The first kappa shape index (κ1) is 16.9. The normalized spacial score (nSPS) is 16.4. The molecule has 2 N–H and O–H groups in total. The molecule has 25 heavy (non-hydrogen) atoms. The van der Waals surface area contributed by atoms with E-state index in [9.17, 15) is 9.59 Å². The van der Waals surface area contributed by atoms with Crippen LogP contribution in [0.1, 0.15) is 22.3 Å². The summed E-state index contributed by atoms with van der Waals surface area (Å²) in [7, 11) is 0. The van der Waals surface area contributed by atoms with Gasteiger partial charge in [-0.15, -0.1) is 0 Å². The lowest BCUT2D eigenvalue weighted by molar-refractivity contribution is -0.136. The maximum Gasteiger partial charge on any atom is 0.307 e. The Kier molecular flexibility index (Phi) is 5.25. The number of carboxylic acids is 1. The van der Waals surface area contributed by atoms with Gasteiger partial charge in [0.1, 0.15) is 6.10 Å². The lowest BCUT2D eigenvalue weighted by Crippen LogP contribution is -2.17. The van der Waals surface area contributed by atoms with Gasteiger partial charge in [-0.3, -0.25) is 9.59 Å². The monoisotopic (exact) mass is 342 g/mol. The van der Waals surface area contributed by atoms with E-state index >= 15 is 0 Å². The first-order valence-electron chi connectivity index (χ1n) is 7.93. The average Bonchev–Trinajstić information content (AvgIpc) is 3.08. The molecule has 7 heteroatoms. The van der Waals surface area contributed by atoms with Crippen LogP contribution in [0.4, 0.5) is 5.69 Å². The van der Waals surface area contributed by atoms with E-state index in [4.69, 9.17) is 14.6 Å². The Morgan fingerprint density at radius 3 is 2.96 bits per heavy atom. The molecule has 1 amide bonds. The van der Waals surface area contributed by atoms with E-state index in [-0.39, 0.29) is 18.4 Å². The Hall–Kier alpha value is -2.93. The summed E-state index contributed by atoms with van der Waals surface area (Å²) in [5.74, 6) is -0.861. The third-order valence-electron chi connectivity index (χ3n) is 3.71. The van der Waals surface area contributed by atoms with Gasteiger partial charge in [0.15, 0.2) is 0 Å². The van der Waals surface area contributed by atoms with Crippen LogP contribution >= 0.6 is 0 Å². The Morgan fingerprint density at radius 1 is 1.32 bits per heavy atom. The summed E-state index contributed by atoms with van der Waals surface area (Å²) < 4.78 is 10.9. The van der Waals surface area contributed by atoms with Crippen LogP contribution in [0.5, 0.6) is 5.88 Å². The molecule has 7 nitrogen and oxygen atoms in total. The summed E-state index contributed by atoms with van der Waals surface area (Å²) in [6.45, 7) is 1.19. The molecule has 1 aromatic heterocycles. The SMILES string of the molecule is O=C(O)Cc1cccc(NC(=O)c2ccnc(OC3CCOC3)c2)c1. The lowest BCUT2D eigenvalue weighted by atomic mass is 10.1. The summed E-state index contributed by atoms with van der Waals surface area (Å²) in [6, 6.07) is 9.92. The minimum Gasteiger partial charge on any atom is -0.481 e. The zero-order valence-corrected chi connectivity index (χ0v) is 13.5. The van der Waals surface area contributed by atoms with Crippen molar-refractivity contribution in [2.24, 2.45) is 0 Å². The number of carboxylic acid groups (broad SMARTS) is 1. The largest absolute Gasteiger partial charge is 0.481 e. The molecule has 1 saturated heterocycles. The van der Waals surface area contributed by atoms with Gasteiger partial charge in [-0.25, -0.2) is 4.98 Å². The quantitative estimate of drug-likeness (QED) is 0.834. The molecule has 3 rings (SSSR count). The van der Waals surface area contributed by atoms with Crippen LogP contribution in [0.2, 0.25) is 0 Å². The second-order valence-corrected chi connectivity index (χ2v) is 5.71. The molecule has 2 heterocycles. The minimum absolute atomic E-state index is 0.0430. The Balaban J connectivity index is 1.67. The predicted octanol–water partition coefficient (Wildman–Crippen LogP) is 2.13. The molecule has 1 fully saturated rings. The fourth-order valence-electron chi connectivity index (χ4n) is 2.53. The number of amides is 1. The zero-order valence-electron chi connectivity index (χ0n) is 13.5. The van der Waals surface area contributed by atoms with Gasteiger partial charge in [0.25, 0.3) is 5.91 Å². The standard InChI is InChI=1S/C18H18N2O5/c21-17(22)9-12-2-1-3-14(8-12)20-18(23)13-4-6-19-16(10-13)25-15-5-7-24-11-15/h1-4,6,8,10,15H,5,7,9,11H2,(H,20,23)(H,21,22). The number of nitrogens with zero attached hydrogens (tertiary/aromatic N) is 1. The molecule has 1 aromatic carbocycles. The molecule has 1 unspecified atom stereocenters. The Labute approximate surface area is 144 Å². The smallest absolute Gasteiger partial charge is 0.307 e. The number of hydrogen-bond acceptors (Lipinski definition) is 5. The highest BCUT2D eigenvalue weighted by atomic mass is 16.5. The van der Waals surface area contributed by atoms with Crippen LogP contribution in [0.15, 0.2) is 42.6 Å². The maximum atomic E-state index is 12.4. The number of aliphatic carboxylic acids is 1. The van der Waals surface area contributed by atoms with E-state index in [1.54, 1.807) is 36.4 Å². The highest BCUT2D eigenvalue weighted by Gasteiger charge is 2.18. The first-order chi connectivity index (χ1) is 12.1. The number of benzene rings is 1. The summed E-state index contributed by atoms with van der Waals surface area (Å²) >= 11 is 0. The van der Waals surface area contributed by atoms with Crippen molar-refractivity contribution >= 4 is 17.6 Å². The fraction of sp³-hybridized carbons (Fsp3) is 0.278. The van der Waals surface area contributed by atoms with E-state index in [2.05, 4.69) is 10.3 Å². The van der Waals surface area contributed by atoms with E-state index in [1.807, 2.05) is 0 Å². The molecule has 0 spiro atoms. The van der Waals surface area contributed by atoms with Gasteiger partial charge in [0.05, 0.1) is 19.6 Å². The van der Waals surface area contributed by atoms with Gasteiger partial charge < -0.3 is 19.9 Å². The van der Waals surface area contributed by atoms with Gasteiger partial charge in [-0.2, -0.15) is 0 Å². The Morgan fingerprint density at radius 2 is 2.20 bits per heavy atom. The van der Waals surface area contributed by atoms with E-state index in [1.165, 1.54) is 6.20 Å². The van der Waals surface area contributed by atoms with Crippen LogP contribution in [-0.4, -0.2) is 41.3 Å². The van der Waals surface area contributed by atoms with Gasteiger partial charge in [0.2, 0.25) is 5.88 Å². The minimum atomic E-state index is -0.921. The second-order valence-electron chi connectivity index (χ2n) is 5.71. The van der Waals surface area contributed by atoms with Crippen molar-refractivity contribution < 1.29 is 24.2 Å². The third-order valence-corrected chi connectivity index (χ3v) is 3.71. The molecule has 0 aliphatic carbocycles. The average molecular weight is 342 g/mol. The number of carbonyl (C=O) groups is 2. The molecule has 1 aliphatic rings. The highest BCUT2D eigenvalue weighted by Crippen LogP contribution is 2.17. The number of rotatable bonds is 6. The third kappa shape index (κ3) is 4.77. The molecule has 1 aliphatic heterocycles. The highest BCUT2D eigenvalue weighted by molar-refractivity contribution is 6.04. The van der Waals surface area contributed by atoms with E-state index < -0.39 is 5.97 Å². The summed E-state index contributed by atoms with van der Waals surface area (Å²) in [5, 5.41) is 11.6. The second kappa shape index (κ2) is 7.76. The number of carbonyl (C=O) groups excluding carboxylic acids is 1. The van der Waals surface area contributed by atoms with Crippen molar-refractivity contribution in [1.82, 2.24) is 4.98 Å². The summed E-state index contributed by atoms with van der Waals surface area (Å²) in [5.41, 5.74) is 1.56. The van der Waals surface area contributed by atoms with Crippen LogP contribution in [0.3, 0.4) is 0 Å². The van der Waals surface area contributed by atoms with E-state index in [0.717, 1.165) is 6.42 Å². The van der Waals surface area contributed by atoms with Crippen molar-refractivity contribution in [3.05, 3.63) is 53.7 Å². The van der Waals surface area contributed by atoms with Crippen molar-refractivity contribution in [2.45, 2.75) is 18.9 Å². The number of aromatic nitrogens is 1. The number of anilines is 1. The van der Waals surface area contributed by atoms with Crippen LogP contribution in [0.25, 0.3) is 0 Å². The zero-order chi connectivity index (χ0) is 17.6. The topological polar surface area (TPSA) is 97.8 Å². The van der Waals surface area contributed by atoms with Crippen molar-refractivity contribution in [2.75, 3.05) is 18.5 Å². The molecular weight excluding hydrogens is 324 g/mol. The number of ether oxygens (including phenoxy) is 2. The fourth-order valence-corrected chi connectivity index (χ4v) is 2.53. The van der Waals surface area contributed by atoms with Gasteiger partial charge >= 0.3 is 5.97 Å². The van der Waals surface area contributed by atoms with Crippen molar-refractivity contribution in [3.8, 4) is 5.88 Å². The lowest BCUT2D eigenvalue weighted by Gasteiger charge is -2.12. The molecule has 130 valence electrons. The molecule has 0 radical (unpaired) electrons. The van der Waals surface area contributed by atoms with Crippen LogP contribution in [0, 0.1) is 0 Å². The van der Waals surface area contributed by atoms with Crippen LogP contribution < -0.4 is 10.1 Å². The van der Waals surface area contributed by atoms with Crippen molar-refractivity contribution in [1.29, 1.82) is 0 Å². The summed E-state index contributed by atoms with van der Waals surface area (Å²) in [6.07, 6.45) is 2.18. The van der Waals surface area contributed by atoms with Gasteiger partial charge in [-0.1, -0.05) is 12.1 Å². The maximum absolute atomic E-state index is 12.4. The predicted molar refractivity (Wildman–Crippen MR) is 89.8 cm³/mol. The van der Waals surface area contributed by atoms with Gasteiger partial charge in [-0.05, 0) is 23.8 Å². The van der Waals surface area contributed by atoms with E-state index in [0.29, 0.717) is 35.9 Å². The molecule has 1 atom stereocenters. The number of pyridine rings is 1. The first-order valence-corrected chi connectivity index (χ1v) is 7.93. The summed E-state index contributed by atoms with van der Waals surface area (Å²) in [4.78, 5) is 27.3. The van der Waals surface area contributed by atoms with Gasteiger partial charge in [0, 0.05) is 29.9 Å². The van der Waals surface area contributed by atoms with Crippen molar-refractivity contribution in [3.63, 3.8) is 0 Å². The van der Waals surface area contributed by atoms with Crippen LogP contribution in [-0.2, 0) is 16.0 Å². The number of nitrogens with one attached hydrogen (secondary N) is 1. The molecular formula is C18H18N2O5. The molecule has 0 bridgehead atoms. The number of hydrogen-bond donors (Lipinski definition) is 2. The molecule has 2 aromatic rings. The molecule has 0 saturated carbocycles.